The third-order valence-corrected chi connectivity index (χ3v) is 4.15. The van der Waals surface area contributed by atoms with E-state index in [1.807, 2.05) is 0 Å². The number of nitrogens with zero attached hydrogens (tertiary/aromatic N) is 1. The molecule has 6 heteroatoms. The van der Waals surface area contributed by atoms with Gasteiger partial charge in [-0.2, -0.15) is 0 Å². The molecule has 0 aromatic rings. The van der Waals surface area contributed by atoms with Crippen molar-refractivity contribution in [1.29, 1.82) is 0 Å². The topological polar surface area (TPSA) is 87.1 Å². The molecule has 1 aliphatic rings. The Morgan fingerprint density at radius 1 is 1.00 bits per heavy atom. The fourth-order valence-electron chi connectivity index (χ4n) is 2.90. The normalized spacial score (nSPS) is 17.2. The smallest absolute Gasteiger partial charge is 0.332 e. The van der Waals surface area contributed by atoms with Gasteiger partial charge in [0, 0.05) is 24.2 Å². The Morgan fingerprint density at radius 3 is 2.13 bits per heavy atom. The molecule has 0 atom stereocenters. The molecule has 0 aromatic carbocycles. The lowest BCUT2D eigenvalue weighted by Crippen LogP contribution is -2.36. The van der Waals surface area contributed by atoms with Gasteiger partial charge in [0.05, 0.1) is 13.2 Å². The maximum atomic E-state index is 11.3. The summed E-state index contributed by atoms with van der Waals surface area (Å²) >= 11 is 0. The summed E-state index contributed by atoms with van der Waals surface area (Å²) in [6.45, 7) is 8.07. The van der Waals surface area contributed by atoms with Crippen LogP contribution in [0.2, 0.25) is 0 Å². The molecule has 0 bridgehead atoms. The molecular formula is C17H29NO5. The highest BCUT2D eigenvalue weighted by Gasteiger charge is 2.22. The Kier molecular flexibility index (Phi) is 8.87. The van der Waals surface area contributed by atoms with E-state index in [0.29, 0.717) is 12.8 Å². The quantitative estimate of drug-likeness (QED) is 0.473. The lowest BCUT2D eigenvalue weighted by molar-refractivity contribution is -0.136. The van der Waals surface area contributed by atoms with Crippen LogP contribution in [0, 0.1) is 5.92 Å². The molecule has 0 amide bonds. The van der Waals surface area contributed by atoms with E-state index in [1.54, 1.807) is 13.8 Å². The van der Waals surface area contributed by atoms with Crippen LogP contribution in [0.25, 0.3) is 0 Å². The van der Waals surface area contributed by atoms with Crippen LogP contribution in [0.4, 0.5) is 0 Å². The van der Waals surface area contributed by atoms with Crippen molar-refractivity contribution in [3.05, 3.63) is 11.1 Å². The average molecular weight is 327 g/mol. The third kappa shape index (κ3) is 7.14. The van der Waals surface area contributed by atoms with Crippen LogP contribution in [-0.2, 0) is 14.3 Å². The van der Waals surface area contributed by atoms with Gasteiger partial charge in [0.1, 0.15) is 0 Å². The molecule has 6 nitrogen and oxygen atoms in total. The Morgan fingerprint density at radius 2 is 1.61 bits per heavy atom. The summed E-state index contributed by atoms with van der Waals surface area (Å²) in [5, 5.41) is 18.5. The first-order valence-corrected chi connectivity index (χ1v) is 8.43. The maximum absolute atomic E-state index is 11.3. The number of aliphatic carboxylic acids is 2. The van der Waals surface area contributed by atoms with E-state index in [1.165, 1.54) is 0 Å². The number of carboxylic acid groups (broad SMARTS) is 2. The van der Waals surface area contributed by atoms with E-state index in [9.17, 15) is 19.8 Å². The van der Waals surface area contributed by atoms with Crippen LogP contribution in [0.1, 0.15) is 46.0 Å². The van der Waals surface area contributed by atoms with Gasteiger partial charge in [-0.05, 0) is 31.7 Å². The van der Waals surface area contributed by atoms with Crippen molar-refractivity contribution in [1.82, 2.24) is 4.90 Å². The number of hydrogen-bond acceptors (Lipinski definition) is 4. The summed E-state index contributed by atoms with van der Waals surface area (Å²) in [4.78, 5) is 25.0. The minimum Gasteiger partial charge on any atom is -0.478 e. The first-order valence-electron chi connectivity index (χ1n) is 8.43. The van der Waals surface area contributed by atoms with Gasteiger partial charge in [-0.15, -0.1) is 0 Å². The van der Waals surface area contributed by atoms with Crippen LogP contribution in [0.15, 0.2) is 11.1 Å². The Balaban J connectivity index is 2.34. The summed E-state index contributed by atoms with van der Waals surface area (Å²) in [6.07, 6.45) is 4.09. The number of rotatable bonds is 10. The zero-order valence-electron chi connectivity index (χ0n) is 14.2. The highest BCUT2D eigenvalue weighted by atomic mass is 16.5. The molecule has 1 rings (SSSR count). The molecular weight excluding hydrogens is 298 g/mol. The second-order valence-electron chi connectivity index (χ2n) is 6.28. The van der Waals surface area contributed by atoms with Crippen molar-refractivity contribution < 1.29 is 24.5 Å². The summed E-state index contributed by atoms with van der Waals surface area (Å²) < 4.78 is 5.30. The lowest BCUT2D eigenvalue weighted by atomic mass is 9.93. The number of unbranched alkanes of at least 4 members (excludes halogenated alkanes) is 3. The van der Waals surface area contributed by atoms with Gasteiger partial charge >= 0.3 is 11.9 Å². The van der Waals surface area contributed by atoms with E-state index in [2.05, 4.69) is 4.90 Å². The van der Waals surface area contributed by atoms with Crippen LogP contribution >= 0.6 is 0 Å². The van der Waals surface area contributed by atoms with Gasteiger partial charge in [0.25, 0.3) is 0 Å². The van der Waals surface area contributed by atoms with Crippen molar-refractivity contribution in [2.75, 3.05) is 32.8 Å². The van der Waals surface area contributed by atoms with Crippen molar-refractivity contribution in [3.63, 3.8) is 0 Å². The molecule has 0 unspecified atom stereocenters. The Hall–Kier alpha value is -1.40. The van der Waals surface area contributed by atoms with Crippen LogP contribution in [0.3, 0.4) is 0 Å². The van der Waals surface area contributed by atoms with Gasteiger partial charge < -0.3 is 14.9 Å². The second-order valence-corrected chi connectivity index (χ2v) is 6.28. The molecule has 0 saturated carbocycles. The summed E-state index contributed by atoms with van der Waals surface area (Å²) in [5.41, 5.74) is 0.0893. The largest absolute Gasteiger partial charge is 0.478 e. The molecule has 23 heavy (non-hydrogen) atoms. The average Bonchev–Trinajstić information content (AvgIpc) is 2.49. The molecule has 1 saturated heterocycles. The number of carboxylic acids is 2. The molecule has 1 heterocycles. The summed E-state index contributed by atoms with van der Waals surface area (Å²) in [7, 11) is 0. The van der Waals surface area contributed by atoms with Gasteiger partial charge in [-0.25, -0.2) is 9.59 Å². The van der Waals surface area contributed by atoms with Gasteiger partial charge in [0.15, 0.2) is 0 Å². The third-order valence-electron chi connectivity index (χ3n) is 4.15. The fourth-order valence-corrected chi connectivity index (χ4v) is 2.90. The standard InChI is InChI=1S/C17H29NO5/c1-13(2)15(17(21)22)14(16(19)20)7-5-3-4-6-8-18-9-11-23-12-10-18/h13H,3-12H2,1-2H3,(H,19,20)(H,21,22)/b15-14+. The molecule has 2 N–H and O–H groups in total. The van der Waals surface area contributed by atoms with Gasteiger partial charge in [0.2, 0.25) is 0 Å². The van der Waals surface area contributed by atoms with Crippen molar-refractivity contribution in [2.45, 2.75) is 46.0 Å². The minimum absolute atomic E-state index is 0.0332. The van der Waals surface area contributed by atoms with Crippen molar-refractivity contribution in [3.8, 4) is 0 Å². The SMILES string of the molecule is CC(C)/C(C(=O)O)=C(/CCCCCCN1CCOCC1)C(=O)O. The zero-order valence-corrected chi connectivity index (χ0v) is 14.2. The van der Waals surface area contributed by atoms with E-state index in [-0.39, 0.29) is 17.1 Å². The first kappa shape index (κ1) is 19.6. The first-order chi connectivity index (χ1) is 10.9. The highest BCUT2D eigenvalue weighted by Crippen LogP contribution is 2.21. The zero-order chi connectivity index (χ0) is 17.2. The maximum Gasteiger partial charge on any atom is 0.332 e. The Bertz CT molecular complexity index is 425. The van der Waals surface area contributed by atoms with Crippen LogP contribution in [-0.4, -0.2) is 59.9 Å². The van der Waals surface area contributed by atoms with E-state index in [4.69, 9.17) is 4.74 Å². The lowest BCUT2D eigenvalue weighted by Gasteiger charge is -2.26. The summed E-state index contributed by atoms with van der Waals surface area (Å²) in [5.74, 6) is -2.52. The molecule has 0 aliphatic carbocycles. The molecule has 0 radical (unpaired) electrons. The molecule has 132 valence electrons. The monoisotopic (exact) mass is 327 g/mol. The van der Waals surface area contributed by atoms with E-state index in [0.717, 1.165) is 52.1 Å². The second kappa shape index (κ2) is 10.4. The van der Waals surface area contributed by atoms with Gasteiger partial charge in [-0.3, -0.25) is 4.90 Å². The predicted octanol–water partition coefficient (Wildman–Crippen LogP) is 2.39. The number of ether oxygens (including phenoxy) is 1. The number of hydrogen-bond donors (Lipinski definition) is 2. The molecule has 1 fully saturated rings. The van der Waals surface area contributed by atoms with Gasteiger partial charge in [-0.1, -0.05) is 26.7 Å². The molecule has 1 aliphatic heterocycles. The van der Waals surface area contributed by atoms with E-state index >= 15 is 0 Å². The highest BCUT2D eigenvalue weighted by molar-refractivity contribution is 5.99. The number of morpholine rings is 1. The molecule has 0 spiro atoms. The van der Waals surface area contributed by atoms with Crippen LogP contribution in [0.5, 0.6) is 0 Å². The van der Waals surface area contributed by atoms with Crippen LogP contribution < -0.4 is 0 Å². The van der Waals surface area contributed by atoms with Crippen molar-refractivity contribution in [2.24, 2.45) is 5.92 Å². The summed E-state index contributed by atoms with van der Waals surface area (Å²) in [6, 6.07) is 0. The minimum atomic E-state index is -1.12. The predicted molar refractivity (Wildman–Crippen MR) is 87.5 cm³/mol. The Labute approximate surface area is 138 Å². The molecule has 0 aromatic heterocycles. The van der Waals surface area contributed by atoms with Crippen molar-refractivity contribution >= 4 is 11.9 Å². The number of carbonyl (C=O) groups is 2. The van der Waals surface area contributed by atoms with E-state index < -0.39 is 11.9 Å². The fraction of sp³-hybridized carbons (Fsp3) is 0.765.